The maximum atomic E-state index is 13.1. The molecule has 0 spiro atoms. The van der Waals surface area contributed by atoms with Crippen LogP contribution < -0.4 is 16.0 Å². The maximum absolute atomic E-state index is 13.1. The molecule has 0 saturated heterocycles. The molecule has 126 valence electrons. The van der Waals surface area contributed by atoms with Crippen molar-refractivity contribution in [2.75, 3.05) is 22.5 Å². The number of hydrogen-bond acceptors (Lipinski definition) is 3. The largest absolute Gasteiger partial charge is 0.376 e. The molecule has 0 saturated carbocycles. The Bertz CT molecular complexity index is 752. The lowest BCUT2D eigenvalue weighted by Gasteiger charge is -2.10. The van der Waals surface area contributed by atoms with Gasteiger partial charge in [-0.05, 0) is 36.4 Å². The normalized spacial score (nSPS) is 10.1. The lowest BCUT2D eigenvalue weighted by atomic mass is 10.2. The maximum Gasteiger partial charge on any atom is 0.243 e. The van der Waals surface area contributed by atoms with Crippen LogP contribution in [0.3, 0.4) is 0 Å². The molecule has 0 heterocycles. The molecule has 2 aromatic rings. The van der Waals surface area contributed by atoms with Gasteiger partial charge in [0.1, 0.15) is 5.82 Å². The Labute approximate surface area is 144 Å². The molecular formula is C17H17ClFN3O2. The number of nitrogens with one attached hydrogen (secondary N) is 3. The first kappa shape index (κ1) is 17.7. The fourth-order valence-electron chi connectivity index (χ4n) is 1.92. The molecule has 5 nitrogen and oxygen atoms in total. The highest BCUT2D eigenvalue weighted by Crippen LogP contribution is 2.19. The summed E-state index contributed by atoms with van der Waals surface area (Å²) in [6.07, 6.45) is 0.389. The fourth-order valence-corrected chi connectivity index (χ4v) is 2.10. The van der Waals surface area contributed by atoms with Crippen molar-refractivity contribution in [1.82, 2.24) is 0 Å². The van der Waals surface area contributed by atoms with Crippen LogP contribution in [0.1, 0.15) is 13.3 Å². The quantitative estimate of drug-likeness (QED) is 0.741. The number of benzene rings is 2. The second-order valence-electron chi connectivity index (χ2n) is 5.01. The van der Waals surface area contributed by atoms with Gasteiger partial charge in [-0.3, -0.25) is 9.59 Å². The van der Waals surface area contributed by atoms with E-state index in [1.54, 1.807) is 31.2 Å². The lowest BCUT2D eigenvalue weighted by Crippen LogP contribution is -2.21. The summed E-state index contributed by atoms with van der Waals surface area (Å²) in [6.45, 7) is 1.78. The second kappa shape index (κ2) is 8.31. The zero-order valence-corrected chi connectivity index (χ0v) is 13.8. The van der Waals surface area contributed by atoms with Crippen molar-refractivity contribution in [3.63, 3.8) is 0 Å². The number of rotatable bonds is 6. The fraction of sp³-hybridized carbons (Fsp3) is 0.176. The number of carbonyl (C=O) groups excluding carboxylic acids is 2. The van der Waals surface area contributed by atoms with Gasteiger partial charge in [0, 0.05) is 23.5 Å². The Balaban J connectivity index is 1.90. The summed E-state index contributed by atoms with van der Waals surface area (Å²) in [5.74, 6) is -0.933. The van der Waals surface area contributed by atoms with Crippen LogP contribution in [0.4, 0.5) is 21.5 Å². The number of anilines is 3. The minimum atomic E-state index is -0.543. The van der Waals surface area contributed by atoms with E-state index in [4.69, 9.17) is 11.6 Å². The zero-order valence-electron chi connectivity index (χ0n) is 13.0. The molecule has 3 N–H and O–H groups in total. The van der Waals surface area contributed by atoms with E-state index in [1.165, 1.54) is 18.2 Å². The summed E-state index contributed by atoms with van der Waals surface area (Å²) < 4.78 is 13.1. The molecule has 0 aliphatic rings. The van der Waals surface area contributed by atoms with Crippen LogP contribution in [0.15, 0.2) is 42.5 Å². The van der Waals surface area contributed by atoms with Gasteiger partial charge in [-0.25, -0.2) is 4.39 Å². The van der Waals surface area contributed by atoms with Crippen LogP contribution in [0.2, 0.25) is 5.02 Å². The molecule has 0 fully saturated rings. The molecule has 0 aromatic heterocycles. The Kier molecular flexibility index (Phi) is 6.14. The number of halogens is 2. The highest BCUT2D eigenvalue weighted by atomic mass is 35.5. The van der Waals surface area contributed by atoms with E-state index in [1.807, 2.05) is 0 Å². The molecule has 0 aliphatic carbocycles. The summed E-state index contributed by atoms with van der Waals surface area (Å²) in [5, 5.41) is 8.25. The van der Waals surface area contributed by atoms with Crippen LogP contribution >= 0.6 is 11.6 Å². The van der Waals surface area contributed by atoms with E-state index in [-0.39, 0.29) is 23.4 Å². The van der Waals surface area contributed by atoms with Gasteiger partial charge in [-0.2, -0.15) is 0 Å². The average molecular weight is 350 g/mol. The highest BCUT2D eigenvalue weighted by molar-refractivity contribution is 6.31. The number of carbonyl (C=O) groups is 2. The molecule has 2 aromatic carbocycles. The summed E-state index contributed by atoms with van der Waals surface area (Å²) in [6, 6.07) is 11.0. The van der Waals surface area contributed by atoms with Crippen LogP contribution in [-0.4, -0.2) is 18.4 Å². The summed E-state index contributed by atoms with van der Waals surface area (Å²) >= 11 is 5.66. The monoisotopic (exact) mass is 349 g/mol. The molecule has 0 radical (unpaired) electrons. The van der Waals surface area contributed by atoms with Crippen molar-refractivity contribution >= 4 is 40.5 Å². The Hall–Kier alpha value is -2.60. The second-order valence-corrected chi connectivity index (χ2v) is 5.42. The number of hydrogen-bond donors (Lipinski definition) is 3. The zero-order chi connectivity index (χ0) is 17.5. The van der Waals surface area contributed by atoms with Gasteiger partial charge in [-0.1, -0.05) is 24.6 Å². The summed E-state index contributed by atoms with van der Waals surface area (Å²) in [7, 11) is 0. The predicted octanol–water partition coefficient (Wildman–Crippen LogP) is 3.88. The molecular weight excluding hydrogens is 333 g/mol. The van der Waals surface area contributed by atoms with Crippen molar-refractivity contribution < 1.29 is 14.0 Å². The minimum absolute atomic E-state index is 0.0141. The van der Waals surface area contributed by atoms with Crippen molar-refractivity contribution in [1.29, 1.82) is 0 Å². The third-order valence-corrected chi connectivity index (χ3v) is 3.41. The van der Waals surface area contributed by atoms with Gasteiger partial charge in [-0.15, -0.1) is 0 Å². The molecule has 0 aliphatic heterocycles. The smallest absolute Gasteiger partial charge is 0.243 e. The van der Waals surface area contributed by atoms with Gasteiger partial charge in [0.25, 0.3) is 0 Å². The third kappa shape index (κ3) is 5.24. The molecule has 2 amide bonds. The van der Waals surface area contributed by atoms with E-state index >= 15 is 0 Å². The molecule has 0 bridgehead atoms. The number of amides is 2. The van der Waals surface area contributed by atoms with E-state index in [2.05, 4.69) is 16.0 Å². The molecule has 0 unspecified atom stereocenters. The van der Waals surface area contributed by atoms with Crippen molar-refractivity contribution in [3.05, 3.63) is 53.3 Å². The van der Waals surface area contributed by atoms with Crippen LogP contribution in [0.25, 0.3) is 0 Å². The van der Waals surface area contributed by atoms with Crippen molar-refractivity contribution in [2.45, 2.75) is 13.3 Å². The van der Waals surface area contributed by atoms with Gasteiger partial charge >= 0.3 is 0 Å². The first-order valence-corrected chi connectivity index (χ1v) is 7.74. The first-order valence-electron chi connectivity index (χ1n) is 7.36. The predicted molar refractivity (Wildman–Crippen MR) is 93.9 cm³/mol. The third-order valence-electron chi connectivity index (χ3n) is 3.12. The van der Waals surface area contributed by atoms with E-state index < -0.39 is 5.82 Å². The minimum Gasteiger partial charge on any atom is -0.376 e. The van der Waals surface area contributed by atoms with Crippen LogP contribution in [0, 0.1) is 5.82 Å². The highest BCUT2D eigenvalue weighted by Gasteiger charge is 2.06. The van der Waals surface area contributed by atoms with Crippen molar-refractivity contribution in [2.24, 2.45) is 0 Å². The Morgan fingerprint density at radius 2 is 1.67 bits per heavy atom. The molecule has 24 heavy (non-hydrogen) atoms. The van der Waals surface area contributed by atoms with Gasteiger partial charge in [0.05, 0.1) is 11.6 Å². The summed E-state index contributed by atoms with van der Waals surface area (Å²) in [4.78, 5) is 23.3. The van der Waals surface area contributed by atoms with Gasteiger partial charge < -0.3 is 16.0 Å². The lowest BCUT2D eigenvalue weighted by molar-refractivity contribution is -0.116. The van der Waals surface area contributed by atoms with Crippen molar-refractivity contribution in [3.8, 4) is 0 Å². The van der Waals surface area contributed by atoms with E-state index in [0.717, 1.165) is 0 Å². The standard InChI is InChI=1S/C17H17ClFN3O2/c1-2-16(23)21-12-5-3-4-11(8-12)20-10-17(24)22-13-6-7-15(19)14(18)9-13/h3-9,20H,2,10H2,1H3,(H,21,23)(H,22,24). The molecule has 7 heteroatoms. The first-order chi connectivity index (χ1) is 11.5. The molecule has 0 atom stereocenters. The van der Waals surface area contributed by atoms with Gasteiger partial charge in [0.15, 0.2) is 0 Å². The summed E-state index contributed by atoms with van der Waals surface area (Å²) in [5.41, 5.74) is 1.76. The van der Waals surface area contributed by atoms with E-state index in [0.29, 0.717) is 23.5 Å². The molecule has 2 rings (SSSR count). The van der Waals surface area contributed by atoms with E-state index in [9.17, 15) is 14.0 Å². The topological polar surface area (TPSA) is 70.2 Å². The van der Waals surface area contributed by atoms with Gasteiger partial charge in [0.2, 0.25) is 11.8 Å². The van der Waals surface area contributed by atoms with Crippen LogP contribution in [0.5, 0.6) is 0 Å². The Morgan fingerprint density at radius 3 is 2.38 bits per heavy atom. The SMILES string of the molecule is CCC(=O)Nc1cccc(NCC(=O)Nc2ccc(F)c(Cl)c2)c1. The van der Waals surface area contributed by atoms with Crippen LogP contribution in [-0.2, 0) is 9.59 Å². The average Bonchev–Trinajstić information content (AvgIpc) is 2.56. The Morgan fingerprint density at radius 1 is 1.00 bits per heavy atom.